The number of carbonyl (C=O) groups is 2. The van der Waals surface area contributed by atoms with E-state index in [1.54, 1.807) is 43.7 Å². The fraction of sp³-hybridized carbons (Fsp3) is 0.364. The first-order valence-electron chi connectivity index (χ1n) is 18.9. The molecule has 12 heteroatoms. The van der Waals surface area contributed by atoms with Crippen molar-refractivity contribution in [3.05, 3.63) is 95.9 Å². The largest absolute Gasteiger partial charge is 0.494 e. The molecule has 1 N–H and O–H groups in total. The Balaban J connectivity index is 1.11. The average Bonchev–Trinajstić information content (AvgIpc) is 3.25. The summed E-state index contributed by atoms with van der Waals surface area (Å²) in [7, 11) is 3.15. The molecule has 0 aliphatic carbocycles. The van der Waals surface area contributed by atoms with Crippen molar-refractivity contribution in [2.24, 2.45) is 9.98 Å². The lowest BCUT2D eigenvalue weighted by Gasteiger charge is -2.28. The van der Waals surface area contributed by atoms with Gasteiger partial charge in [0.05, 0.1) is 63.1 Å². The van der Waals surface area contributed by atoms with Gasteiger partial charge < -0.3 is 33.9 Å². The van der Waals surface area contributed by atoms with Crippen molar-refractivity contribution in [2.45, 2.75) is 69.2 Å². The Bertz CT molecular complexity index is 2050. The third-order valence-corrected chi connectivity index (χ3v) is 9.94. The van der Waals surface area contributed by atoms with Crippen LogP contribution in [0.3, 0.4) is 0 Å². The summed E-state index contributed by atoms with van der Waals surface area (Å²) in [5, 5.41) is 2.84. The van der Waals surface area contributed by atoms with Crippen LogP contribution in [0.15, 0.2) is 94.8 Å². The van der Waals surface area contributed by atoms with Gasteiger partial charge in [0, 0.05) is 47.0 Å². The average molecular weight is 779 g/mol. The SMILES string of the molecule is C=C1/C=C\C(OCCCC(C)(C)S)=C/CC[C@H]2C=Nc3cc(OCCCOc4cc5c(cc4OC)-c4ccccc4CC(NC=O)C=N5)c(OC)cc3C(=O)N12. The van der Waals surface area contributed by atoms with Crippen LogP contribution in [0.4, 0.5) is 11.4 Å². The number of hydrogen-bond acceptors (Lipinski definition) is 10. The van der Waals surface area contributed by atoms with Crippen LogP contribution < -0.4 is 24.3 Å². The Labute approximate surface area is 334 Å². The number of methoxy groups -OCH3 is 2. The van der Waals surface area contributed by atoms with Gasteiger partial charge in [-0.25, -0.2) is 0 Å². The summed E-state index contributed by atoms with van der Waals surface area (Å²) >= 11 is 4.60. The first-order chi connectivity index (χ1) is 27.1. The summed E-state index contributed by atoms with van der Waals surface area (Å²) in [6.07, 6.45) is 14.3. The maximum absolute atomic E-state index is 14.1. The molecule has 3 aliphatic rings. The van der Waals surface area contributed by atoms with Crippen LogP contribution in [0.5, 0.6) is 23.0 Å². The predicted molar refractivity (Wildman–Crippen MR) is 224 cm³/mol. The Morgan fingerprint density at radius 1 is 0.875 bits per heavy atom. The van der Waals surface area contributed by atoms with Crippen LogP contribution in [0.25, 0.3) is 11.1 Å². The minimum absolute atomic E-state index is 0.0463. The van der Waals surface area contributed by atoms with E-state index in [0.29, 0.717) is 97.5 Å². The summed E-state index contributed by atoms with van der Waals surface area (Å²) in [5.41, 5.74) is 5.17. The fourth-order valence-corrected chi connectivity index (χ4v) is 7.02. The zero-order chi connectivity index (χ0) is 39.7. The number of benzene rings is 3. The van der Waals surface area contributed by atoms with Gasteiger partial charge in [-0.3, -0.25) is 19.6 Å². The van der Waals surface area contributed by atoms with Gasteiger partial charge in [0.15, 0.2) is 23.0 Å². The number of rotatable bonds is 15. The molecule has 0 aromatic heterocycles. The van der Waals surface area contributed by atoms with Crippen LogP contribution in [0.2, 0.25) is 0 Å². The molecule has 2 atom stereocenters. The number of amides is 2. The summed E-state index contributed by atoms with van der Waals surface area (Å²) in [6, 6.07) is 14.7. The Morgan fingerprint density at radius 2 is 1.54 bits per heavy atom. The second kappa shape index (κ2) is 18.4. The van der Waals surface area contributed by atoms with Gasteiger partial charge in [-0.1, -0.05) is 44.7 Å². The van der Waals surface area contributed by atoms with Gasteiger partial charge in [0.2, 0.25) is 6.41 Å². The second-order valence-electron chi connectivity index (χ2n) is 14.4. The molecular weight excluding hydrogens is 729 g/mol. The smallest absolute Gasteiger partial charge is 0.261 e. The molecule has 294 valence electrons. The number of nitrogens with one attached hydrogen (secondary N) is 1. The minimum atomic E-state index is -0.301. The van der Waals surface area contributed by atoms with Gasteiger partial charge in [-0.15, -0.1) is 0 Å². The number of aliphatic imine (C=N–C) groups is 2. The summed E-state index contributed by atoms with van der Waals surface area (Å²) in [5.74, 6) is 2.55. The highest BCUT2D eigenvalue weighted by Crippen LogP contribution is 2.43. The highest BCUT2D eigenvalue weighted by molar-refractivity contribution is 7.81. The molecule has 6 rings (SSSR count). The molecular formula is C44H50N4O7S. The van der Waals surface area contributed by atoms with Crippen molar-refractivity contribution in [1.29, 1.82) is 0 Å². The Kier molecular flexibility index (Phi) is 13.2. The molecule has 3 aromatic carbocycles. The van der Waals surface area contributed by atoms with E-state index >= 15 is 0 Å². The first-order valence-corrected chi connectivity index (χ1v) is 19.3. The molecule has 11 nitrogen and oxygen atoms in total. The molecule has 1 unspecified atom stereocenters. The van der Waals surface area contributed by atoms with E-state index in [0.717, 1.165) is 35.3 Å². The summed E-state index contributed by atoms with van der Waals surface area (Å²) in [4.78, 5) is 36.5. The maximum Gasteiger partial charge on any atom is 0.261 e. The Morgan fingerprint density at radius 3 is 2.23 bits per heavy atom. The third-order valence-electron chi connectivity index (χ3n) is 9.72. The molecule has 0 fully saturated rings. The minimum Gasteiger partial charge on any atom is -0.494 e. The Hall–Kier alpha value is -5.49. The van der Waals surface area contributed by atoms with E-state index < -0.39 is 0 Å². The van der Waals surface area contributed by atoms with Crippen molar-refractivity contribution in [1.82, 2.24) is 10.2 Å². The molecule has 2 amide bonds. The van der Waals surface area contributed by atoms with Gasteiger partial charge in [-0.2, -0.15) is 12.6 Å². The lowest BCUT2D eigenvalue weighted by molar-refractivity contribution is -0.109. The number of carbonyl (C=O) groups excluding carboxylic acids is 2. The molecule has 0 saturated heterocycles. The molecule has 0 spiro atoms. The monoisotopic (exact) mass is 778 g/mol. The number of allylic oxidation sites excluding steroid dienone is 3. The van der Waals surface area contributed by atoms with E-state index in [2.05, 4.69) is 50.5 Å². The summed E-state index contributed by atoms with van der Waals surface area (Å²) < 4.78 is 29.8. The van der Waals surface area contributed by atoms with Gasteiger partial charge in [0.25, 0.3) is 5.91 Å². The molecule has 3 aliphatic heterocycles. The van der Waals surface area contributed by atoms with Crippen LogP contribution >= 0.6 is 12.6 Å². The van der Waals surface area contributed by atoms with Crippen molar-refractivity contribution >= 4 is 48.8 Å². The zero-order valence-corrected chi connectivity index (χ0v) is 33.3. The van der Waals surface area contributed by atoms with E-state index in [-0.39, 0.29) is 22.7 Å². The third kappa shape index (κ3) is 9.84. The molecule has 0 saturated carbocycles. The predicted octanol–water partition coefficient (Wildman–Crippen LogP) is 8.37. The van der Waals surface area contributed by atoms with Crippen molar-refractivity contribution < 1.29 is 33.3 Å². The summed E-state index contributed by atoms with van der Waals surface area (Å²) in [6.45, 7) is 9.65. The van der Waals surface area contributed by atoms with Crippen LogP contribution in [-0.2, 0) is 16.0 Å². The highest BCUT2D eigenvalue weighted by Gasteiger charge is 2.31. The number of fused-ring (bicyclic) bond motifs is 5. The lowest BCUT2D eigenvalue weighted by Crippen LogP contribution is -2.39. The van der Waals surface area contributed by atoms with Gasteiger partial charge in [-0.05, 0) is 73.6 Å². The van der Waals surface area contributed by atoms with E-state index in [1.165, 1.54) is 0 Å². The van der Waals surface area contributed by atoms with Crippen molar-refractivity contribution in [3.8, 4) is 34.1 Å². The van der Waals surface area contributed by atoms with E-state index in [9.17, 15) is 9.59 Å². The van der Waals surface area contributed by atoms with E-state index in [1.807, 2.05) is 42.5 Å². The molecule has 56 heavy (non-hydrogen) atoms. The number of hydrogen-bond donors (Lipinski definition) is 2. The normalized spacial score (nSPS) is 19.1. The standard InChI is InChI=1S/C44H50N4O7S/c1-29-15-16-33(53-18-9-17-44(2,3)56)13-8-12-32-27-46-38-25-42(40(52-5)23-36(38)43(50)48(29)32)55-20-10-19-54-41-24-37-35(22-39(41)51-4)34-14-7-6-11-30(34)21-31(26-45-37)47-28-49/h6-7,11,13-16,22-28,31-32,56H,1,8-10,12,17-21H2,2-5H3,(H,47,49)/b16-15-,33-13+,45-26?/t31?,32-/m0/s1. The van der Waals surface area contributed by atoms with Crippen molar-refractivity contribution in [2.75, 3.05) is 34.0 Å². The fourth-order valence-electron chi connectivity index (χ4n) is 6.86. The number of ether oxygens (including phenoxy) is 5. The first kappa shape index (κ1) is 40.2. The zero-order valence-electron chi connectivity index (χ0n) is 32.5. The molecule has 0 radical (unpaired) electrons. The molecule has 3 heterocycles. The van der Waals surface area contributed by atoms with Crippen LogP contribution in [-0.4, -0.2) is 80.5 Å². The quantitative estimate of drug-likeness (QED) is 0.0904. The van der Waals surface area contributed by atoms with Crippen molar-refractivity contribution in [3.63, 3.8) is 0 Å². The second-order valence-corrected chi connectivity index (χ2v) is 15.6. The van der Waals surface area contributed by atoms with Crippen LogP contribution in [0, 0.1) is 0 Å². The highest BCUT2D eigenvalue weighted by atomic mass is 32.1. The van der Waals surface area contributed by atoms with Gasteiger partial charge in [0.1, 0.15) is 5.76 Å². The number of nitrogens with zero attached hydrogens (tertiary/aromatic N) is 3. The topological polar surface area (TPSA) is 120 Å². The maximum atomic E-state index is 14.1. The number of thiol groups is 1. The van der Waals surface area contributed by atoms with E-state index in [4.69, 9.17) is 33.7 Å². The van der Waals surface area contributed by atoms with Crippen LogP contribution in [0.1, 0.15) is 61.9 Å². The van der Waals surface area contributed by atoms with Gasteiger partial charge >= 0.3 is 0 Å². The lowest BCUT2D eigenvalue weighted by atomic mass is 9.93. The molecule has 3 aromatic rings. The molecule has 0 bridgehead atoms.